The predicted molar refractivity (Wildman–Crippen MR) is 98.4 cm³/mol. The van der Waals surface area contributed by atoms with Crippen LogP contribution in [0.15, 0.2) is 12.4 Å². The number of ether oxygens (including phenoxy) is 1. The summed E-state index contributed by atoms with van der Waals surface area (Å²) in [6.07, 6.45) is 5.28. The van der Waals surface area contributed by atoms with Crippen LogP contribution < -0.4 is 9.64 Å². The Morgan fingerprint density at radius 3 is 2.88 bits per heavy atom. The molecule has 1 aliphatic heterocycles. The van der Waals surface area contributed by atoms with Gasteiger partial charge in [0, 0.05) is 39.2 Å². The number of carbonyl (C=O) groups excluding carboxylic acids is 1. The number of H-pyrrole nitrogens is 1. The van der Waals surface area contributed by atoms with Crippen LogP contribution in [-0.2, 0) is 11.2 Å². The van der Waals surface area contributed by atoms with Crippen molar-refractivity contribution in [3.8, 4) is 5.88 Å². The lowest BCUT2D eigenvalue weighted by Crippen LogP contribution is -2.31. The summed E-state index contributed by atoms with van der Waals surface area (Å²) in [6.45, 7) is 5.26. The fourth-order valence-corrected chi connectivity index (χ4v) is 3.16. The Labute approximate surface area is 153 Å². The summed E-state index contributed by atoms with van der Waals surface area (Å²) in [5.41, 5.74) is 3.15. The molecule has 0 bridgehead atoms. The zero-order valence-corrected chi connectivity index (χ0v) is 15.8. The molecule has 2 aromatic rings. The van der Waals surface area contributed by atoms with Crippen LogP contribution in [-0.4, -0.2) is 64.3 Å². The second kappa shape index (κ2) is 7.72. The van der Waals surface area contributed by atoms with Crippen molar-refractivity contribution < 1.29 is 9.53 Å². The molecule has 1 atom stereocenters. The second-order valence-electron chi connectivity index (χ2n) is 6.89. The number of nitrogens with one attached hydrogen (secondary N) is 1. The summed E-state index contributed by atoms with van der Waals surface area (Å²) in [5.74, 6) is 1.41. The van der Waals surface area contributed by atoms with Crippen molar-refractivity contribution in [2.24, 2.45) is 0 Å². The number of amides is 1. The minimum atomic E-state index is -0.0388. The van der Waals surface area contributed by atoms with Crippen molar-refractivity contribution in [2.75, 3.05) is 32.1 Å². The van der Waals surface area contributed by atoms with Crippen molar-refractivity contribution in [3.05, 3.63) is 29.3 Å². The van der Waals surface area contributed by atoms with Crippen molar-refractivity contribution in [3.63, 3.8) is 0 Å². The second-order valence-corrected chi connectivity index (χ2v) is 6.89. The Morgan fingerprint density at radius 2 is 2.19 bits per heavy atom. The van der Waals surface area contributed by atoms with Crippen molar-refractivity contribution in [1.29, 1.82) is 0 Å². The number of hydrogen-bond acceptors (Lipinski definition) is 6. The maximum atomic E-state index is 12.5. The number of hydrogen-bond donors (Lipinski definition) is 1. The van der Waals surface area contributed by atoms with Gasteiger partial charge >= 0.3 is 0 Å². The van der Waals surface area contributed by atoms with Crippen LogP contribution in [0, 0.1) is 13.8 Å². The number of anilines is 1. The molecule has 2 aromatic heterocycles. The predicted octanol–water partition coefficient (Wildman–Crippen LogP) is 1.50. The van der Waals surface area contributed by atoms with Crippen molar-refractivity contribution >= 4 is 11.7 Å². The zero-order chi connectivity index (χ0) is 18.7. The number of likely N-dealkylation sites (tertiary alicyclic amines) is 1. The number of rotatable bonds is 6. The van der Waals surface area contributed by atoms with E-state index >= 15 is 0 Å². The number of nitrogens with zero attached hydrogens (tertiary/aromatic N) is 5. The molecule has 1 aliphatic rings. The van der Waals surface area contributed by atoms with E-state index in [0.29, 0.717) is 31.8 Å². The molecule has 0 radical (unpaired) electrons. The Balaban J connectivity index is 1.52. The summed E-state index contributed by atoms with van der Waals surface area (Å²) in [5, 5.41) is 7.15. The molecule has 1 amide bonds. The maximum absolute atomic E-state index is 12.5. The van der Waals surface area contributed by atoms with Gasteiger partial charge < -0.3 is 14.5 Å². The first kappa shape index (κ1) is 18.2. The number of aromatic amines is 1. The van der Waals surface area contributed by atoms with Crippen molar-refractivity contribution in [2.45, 2.75) is 39.2 Å². The third kappa shape index (κ3) is 4.12. The standard InChI is InChI=1S/C18H26N6O2/c1-12-15(13(2)22-21-12)5-6-18(25)24-8-7-14(11-24)26-17-10-19-9-16(20-17)23(3)4/h9-10,14H,5-8,11H2,1-4H3,(H,21,22)/t14-/m0/s1. The minimum absolute atomic E-state index is 0.0388. The monoisotopic (exact) mass is 358 g/mol. The van der Waals surface area contributed by atoms with E-state index in [2.05, 4.69) is 20.2 Å². The summed E-state index contributed by atoms with van der Waals surface area (Å²) in [7, 11) is 3.82. The van der Waals surface area contributed by atoms with Gasteiger partial charge in [0.05, 0.1) is 24.6 Å². The van der Waals surface area contributed by atoms with Gasteiger partial charge in [0.25, 0.3) is 0 Å². The SMILES string of the molecule is Cc1n[nH]c(C)c1CCC(=O)N1CC[C@H](Oc2cncc(N(C)C)n2)C1. The number of aryl methyl sites for hydroxylation is 2. The lowest BCUT2D eigenvalue weighted by atomic mass is 10.1. The normalized spacial score (nSPS) is 16.8. The van der Waals surface area contributed by atoms with Crippen LogP contribution in [0.4, 0.5) is 5.82 Å². The molecule has 0 saturated carbocycles. The molecule has 3 rings (SSSR count). The highest BCUT2D eigenvalue weighted by Crippen LogP contribution is 2.19. The van der Waals surface area contributed by atoms with Gasteiger partial charge in [-0.3, -0.25) is 14.9 Å². The average Bonchev–Trinajstić information content (AvgIpc) is 3.20. The molecule has 1 fully saturated rings. The molecule has 3 heterocycles. The first-order chi connectivity index (χ1) is 12.4. The van der Waals surface area contributed by atoms with Gasteiger partial charge in [0.1, 0.15) is 6.10 Å². The summed E-state index contributed by atoms with van der Waals surface area (Å²) in [4.78, 5) is 24.8. The molecule has 0 aromatic carbocycles. The Morgan fingerprint density at radius 1 is 1.38 bits per heavy atom. The molecular formula is C18H26N6O2. The quantitative estimate of drug-likeness (QED) is 0.842. The van der Waals surface area contributed by atoms with Gasteiger partial charge in [0.15, 0.2) is 5.82 Å². The van der Waals surface area contributed by atoms with Crippen LogP contribution in [0.2, 0.25) is 0 Å². The van der Waals surface area contributed by atoms with E-state index in [0.717, 1.165) is 29.2 Å². The lowest BCUT2D eigenvalue weighted by Gasteiger charge is -2.17. The van der Waals surface area contributed by atoms with E-state index in [1.165, 1.54) is 0 Å². The Hall–Kier alpha value is -2.64. The fraction of sp³-hybridized carbons (Fsp3) is 0.556. The number of aromatic nitrogens is 4. The van der Waals surface area contributed by atoms with Crippen molar-refractivity contribution in [1.82, 2.24) is 25.1 Å². The molecule has 0 spiro atoms. The van der Waals surface area contributed by atoms with E-state index in [4.69, 9.17) is 4.74 Å². The Kier molecular flexibility index (Phi) is 5.39. The summed E-state index contributed by atoms with van der Waals surface area (Å²) in [6, 6.07) is 0. The van der Waals surface area contributed by atoms with E-state index < -0.39 is 0 Å². The summed E-state index contributed by atoms with van der Waals surface area (Å²) >= 11 is 0. The van der Waals surface area contributed by atoms with Crippen LogP contribution in [0.5, 0.6) is 5.88 Å². The van der Waals surface area contributed by atoms with Crippen LogP contribution in [0.1, 0.15) is 29.8 Å². The molecule has 8 heteroatoms. The topological polar surface area (TPSA) is 87.2 Å². The van der Waals surface area contributed by atoms with Gasteiger partial charge in [-0.2, -0.15) is 10.1 Å². The smallest absolute Gasteiger partial charge is 0.234 e. The third-order valence-corrected chi connectivity index (χ3v) is 4.71. The first-order valence-corrected chi connectivity index (χ1v) is 8.88. The van der Waals surface area contributed by atoms with Gasteiger partial charge in [-0.25, -0.2) is 0 Å². The van der Waals surface area contributed by atoms with E-state index in [1.54, 1.807) is 12.4 Å². The average molecular weight is 358 g/mol. The largest absolute Gasteiger partial charge is 0.471 e. The highest BCUT2D eigenvalue weighted by atomic mass is 16.5. The molecule has 1 saturated heterocycles. The number of carbonyl (C=O) groups is 1. The minimum Gasteiger partial charge on any atom is -0.471 e. The van der Waals surface area contributed by atoms with E-state index in [-0.39, 0.29) is 12.0 Å². The fourth-order valence-electron chi connectivity index (χ4n) is 3.16. The summed E-state index contributed by atoms with van der Waals surface area (Å²) < 4.78 is 5.93. The zero-order valence-electron chi connectivity index (χ0n) is 15.8. The van der Waals surface area contributed by atoms with Gasteiger partial charge in [-0.15, -0.1) is 0 Å². The van der Waals surface area contributed by atoms with Crippen LogP contribution in [0.3, 0.4) is 0 Å². The van der Waals surface area contributed by atoms with Gasteiger partial charge in [0.2, 0.25) is 11.8 Å². The molecule has 0 unspecified atom stereocenters. The molecule has 140 valence electrons. The van der Waals surface area contributed by atoms with E-state index in [1.807, 2.05) is 37.7 Å². The third-order valence-electron chi connectivity index (χ3n) is 4.71. The molecule has 1 N–H and O–H groups in total. The lowest BCUT2D eigenvalue weighted by molar-refractivity contribution is -0.130. The molecule has 0 aliphatic carbocycles. The van der Waals surface area contributed by atoms with E-state index in [9.17, 15) is 4.79 Å². The highest BCUT2D eigenvalue weighted by molar-refractivity contribution is 5.76. The first-order valence-electron chi connectivity index (χ1n) is 8.88. The maximum Gasteiger partial charge on any atom is 0.234 e. The van der Waals surface area contributed by atoms with Crippen LogP contribution in [0.25, 0.3) is 0 Å². The van der Waals surface area contributed by atoms with Crippen LogP contribution >= 0.6 is 0 Å². The molecule has 26 heavy (non-hydrogen) atoms. The van der Waals surface area contributed by atoms with Gasteiger partial charge in [-0.1, -0.05) is 0 Å². The van der Waals surface area contributed by atoms with Gasteiger partial charge in [-0.05, 0) is 25.8 Å². The molecular weight excluding hydrogens is 332 g/mol. The molecule has 8 nitrogen and oxygen atoms in total. The Bertz CT molecular complexity index is 753. The highest BCUT2D eigenvalue weighted by Gasteiger charge is 2.28.